The molecular weight excluding hydrogens is 156 g/mol. The Kier molecular flexibility index (Phi) is 1.31. The molecule has 2 heterocycles. The molecule has 0 aromatic rings. The predicted octanol–water partition coefficient (Wildman–Crippen LogP) is 1.18. The van der Waals surface area contributed by atoms with Gasteiger partial charge in [-0.25, -0.2) is 4.79 Å². The molecule has 12 heavy (non-hydrogen) atoms. The van der Waals surface area contributed by atoms with Crippen LogP contribution in [0.2, 0.25) is 0 Å². The monoisotopic (exact) mass is 166 g/mol. The van der Waals surface area contributed by atoms with Gasteiger partial charge in [0.1, 0.15) is 5.54 Å². The van der Waals surface area contributed by atoms with Gasteiger partial charge in [-0.1, -0.05) is 0 Å². The highest BCUT2D eigenvalue weighted by Crippen LogP contribution is 2.45. The quantitative estimate of drug-likeness (QED) is 0.587. The van der Waals surface area contributed by atoms with Gasteiger partial charge in [-0.15, -0.1) is 0 Å². The first-order chi connectivity index (χ1) is 5.69. The van der Waals surface area contributed by atoms with Crippen molar-refractivity contribution in [3.8, 4) is 6.07 Å². The van der Waals surface area contributed by atoms with Gasteiger partial charge in [0, 0.05) is 6.04 Å². The Labute approximate surface area is 70.4 Å². The smallest absolute Gasteiger partial charge is 0.408 e. The lowest BCUT2D eigenvalue weighted by atomic mass is 9.89. The molecule has 4 heteroatoms. The fraction of sp³-hybridized carbons (Fsp3) is 0.750. The minimum Gasteiger partial charge on any atom is -0.465 e. The maximum absolute atomic E-state index is 10.8. The molecule has 0 aromatic carbocycles. The molecule has 2 aliphatic rings. The van der Waals surface area contributed by atoms with Gasteiger partial charge in [0.25, 0.3) is 0 Å². The average Bonchev–Trinajstić information content (AvgIpc) is 2.58. The van der Waals surface area contributed by atoms with Crippen molar-refractivity contribution in [1.29, 1.82) is 5.26 Å². The van der Waals surface area contributed by atoms with Crippen LogP contribution in [0.3, 0.4) is 0 Å². The van der Waals surface area contributed by atoms with Crippen LogP contribution in [-0.4, -0.2) is 27.7 Å². The molecule has 0 unspecified atom stereocenters. The molecule has 0 radical (unpaired) electrons. The number of nitriles is 1. The summed E-state index contributed by atoms with van der Waals surface area (Å²) in [5.74, 6) is 0. The fourth-order valence-electron chi connectivity index (χ4n) is 2.43. The summed E-state index contributed by atoms with van der Waals surface area (Å²) >= 11 is 0. The number of hydrogen-bond acceptors (Lipinski definition) is 2. The van der Waals surface area contributed by atoms with Crippen LogP contribution < -0.4 is 0 Å². The Morgan fingerprint density at radius 1 is 1.58 bits per heavy atom. The van der Waals surface area contributed by atoms with E-state index < -0.39 is 11.6 Å². The molecule has 0 aromatic heterocycles. The van der Waals surface area contributed by atoms with Crippen LogP contribution in [0.15, 0.2) is 0 Å². The zero-order chi connectivity index (χ0) is 8.77. The zero-order valence-corrected chi connectivity index (χ0v) is 6.66. The molecule has 64 valence electrons. The van der Waals surface area contributed by atoms with Crippen LogP contribution >= 0.6 is 0 Å². The summed E-state index contributed by atoms with van der Waals surface area (Å²) in [5.41, 5.74) is -0.670. The van der Waals surface area contributed by atoms with Gasteiger partial charge in [-0.3, -0.25) is 4.90 Å². The predicted molar refractivity (Wildman–Crippen MR) is 40.5 cm³/mol. The van der Waals surface area contributed by atoms with Crippen molar-refractivity contribution in [1.82, 2.24) is 4.90 Å². The van der Waals surface area contributed by atoms with Crippen molar-refractivity contribution in [3.05, 3.63) is 0 Å². The Bertz CT molecular complexity index is 261. The largest absolute Gasteiger partial charge is 0.465 e. The van der Waals surface area contributed by atoms with E-state index in [9.17, 15) is 4.79 Å². The van der Waals surface area contributed by atoms with E-state index >= 15 is 0 Å². The van der Waals surface area contributed by atoms with Crippen molar-refractivity contribution in [3.63, 3.8) is 0 Å². The van der Waals surface area contributed by atoms with Gasteiger partial charge in [-0.05, 0) is 25.7 Å². The molecule has 2 fully saturated rings. The zero-order valence-electron chi connectivity index (χ0n) is 6.66. The van der Waals surface area contributed by atoms with Gasteiger partial charge in [0.05, 0.1) is 6.07 Å². The van der Waals surface area contributed by atoms with Crippen LogP contribution in [0.25, 0.3) is 0 Å². The topological polar surface area (TPSA) is 64.3 Å². The number of nitrogens with zero attached hydrogens (tertiary/aromatic N) is 2. The molecule has 1 N–H and O–H groups in total. The van der Waals surface area contributed by atoms with Crippen molar-refractivity contribution in [2.24, 2.45) is 0 Å². The van der Waals surface area contributed by atoms with Crippen molar-refractivity contribution in [2.75, 3.05) is 0 Å². The maximum Gasteiger partial charge on any atom is 0.408 e. The van der Waals surface area contributed by atoms with Gasteiger partial charge >= 0.3 is 6.09 Å². The Hall–Kier alpha value is -1.24. The Balaban J connectivity index is 2.35. The van der Waals surface area contributed by atoms with E-state index in [0.717, 1.165) is 25.7 Å². The summed E-state index contributed by atoms with van der Waals surface area (Å²) in [6, 6.07) is 2.26. The van der Waals surface area contributed by atoms with E-state index in [1.807, 2.05) is 0 Å². The highest BCUT2D eigenvalue weighted by atomic mass is 16.4. The summed E-state index contributed by atoms with van der Waals surface area (Å²) in [6.45, 7) is 0. The minimum atomic E-state index is -0.934. The van der Waals surface area contributed by atoms with Gasteiger partial charge in [-0.2, -0.15) is 5.26 Å². The Morgan fingerprint density at radius 3 is 2.50 bits per heavy atom. The third-order valence-electron chi connectivity index (χ3n) is 3.02. The lowest BCUT2D eigenvalue weighted by molar-refractivity contribution is 0.125. The Morgan fingerprint density at radius 2 is 2.17 bits per heavy atom. The molecule has 0 aliphatic carbocycles. The molecule has 2 saturated heterocycles. The van der Waals surface area contributed by atoms with Crippen molar-refractivity contribution in [2.45, 2.75) is 37.3 Å². The molecular formula is C8H10N2O2. The first-order valence-corrected chi connectivity index (χ1v) is 4.13. The van der Waals surface area contributed by atoms with Gasteiger partial charge in [0.2, 0.25) is 0 Å². The molecule has 0 spiro atoms. The third-order valence-corrected chi connectivity index (χ3v) is 3.02. The molecule has 2 bridgehead atoms. The van der Waals surface area contributed by atoms with E-state index in [1.54, 1.807) is 0 Å². The average molecular weight is 166 g/mol. The van der Waals surface area contributed by atoms with Crippen LogP contribution in [0.4, 0.5) is 4.79 Å². The number of carboxylic acid groups (broad SMARTS) is 1. The molecule has 0 saturated carbocycles. The normalized spacial score (nSPS) is 38.2. The summed E-state index contributed by atoms with van der Waals surface area (Å²) in [7, 11) is 0. The van der Waals surface area contributed by atoms with Crippen molar-refractivity contribution < 1.29 is 9.90 Å². The highest BCUT2D eigenvalue weighted by molar-refractivity contribution is 5.69. The van der Waals surface area contributed by atoms with Gasteiger partial charge in [0.15, 0.2) is 0 Å². The second-order valence-electron chi connectivity index (χ2n) is 3.53. The van der Waals surface area contributed by atoms with Crippen LogP contribution in [-0.2, 0) is 0 Å². The SMILES string of the molecule is N#CC12CCC(CC1)N2C(=O)O. The van der Waals surface area contributed by atoms with E-state index in [-0.39, 0.29) is 6.04 Å². The number of hydrogen-bond donors (Lipinski definition) is 1. The second kappa shape index (κ2) is 2.13. The standard InChI is InChI=1S/C8H10N2O2/c9-5-8-3-1-6(2-4-8)10(8)7(11)12/h6H,1-4H2,(H,11,12). The second-order valence-corrected chi connectivity index (χ2v) is 3.53. The first kappa shape index (κ1) is 7.41. The van der Waals surface area contributed by atoms with Crippen molar-refractivity contribution >= 4 is 6.09 Å². The number of carbonyl (C=O) groups is 1. The number of fused-ring (bicyclic) bond motifs is 2. The number of rotatable bonds is 0. The lowest BCUT2D eigenvalue weighted by Crippen LogP contribution is -2.43. The summed E-state index contributed by atoms with van der Waals surface area (Å²) in [5, 5.41) is 17.8. The van der Waals surface area contributed by atoms with Gasteiger partial charge < -0.3 is 5.11 Å². The maximum atomic E-state index is 10.8. The number of amides is 1. The first-order valence-electron chi connectivity index (χ1n) is 4.13. The van der Waals surface area contributed by atoms with E-state index in [1.165, 1.54) is 4.90 Å². The lowest BCUT2D eigenvalue weighted by Gasteiger charge is -2.24. The summed E-state index contributed by atoms with van der Waals surface area (Å²) in [4.78, 5) is 12.2. The molecule has 2 rings (SSSR count). The van der Waals surface area contributed by atoms with E-state index in [0.29, 0.717) is 0 Å². The highest BCUT2D eigenvalue weighted by Gasteiger charge is 2.54. The molecule has 4 nitrogen and oxygen atoms in total. The van der Waals surface area contributed by atoms with E-state index in [4.69, 9.17) is 10.4 Å². The third kappa shape index (κ3) is 0.685. The van der Waals surface area contributed by atoms with Crippen LogP contribution in [0, 0.1) is 11.3 Å². The molecule has 0 atom stereocenters. The summed E-state index contributed by atoms with van der Waals surface area (Å²) in [6.07, 6.45) is 2.23. The van der Waals surface area contributed by atoms with E-state index in [2.05, 4.69) is 6.07 Å². The molecule has 1 amide bonds. The minimum absolute atomic E-state index is 0.113. The van der Waals surface area contributed by atoms with Crippen LogP contribution in [0.5, 0.6) is 0 Å². The molecule has 2 aliphatic heterocycles. The van der Waals surface area contributed by atoms with Crippen LogP contribution in [0.1, 0.15) is 25.7 Å². The summed E-state index contributed by atoms with van der Waals surface area (Å²) < 4.78 is 0. The fourth-order valence-corrected chi connectivity index (χ4v) is 2.43.